The number of primary amides is 1. The van der Waals surface area contributed by atoms with Gasteiger partial charge in [0.2, 0.25) is 0 Å². The number of hydrogen-bond donors (Lipinski definition) is 1. The van der Waals surface area contributed by atoms with Gasteiger partial charge in [0.15, 0.2) is 5.13 Å². The summed E-state index contributed by atoms with van der Waals surface area (Å²) in [6.07, 6.45) is 3.67. The first kappa shape index (κ1) is 20.7. The third-order valence-corrected chi connectivity index (χ3v) is 6.83. The van der Waals surface area contributed by atoms with E-state index in [1.165, 1.54) is 17.4 Å². The average molecular weight is 406 g/mol. The first-order valence-electron chi connectivity index (χ1n) is 9.55. The molecule has 0 saturated carbocycles. The van der Waals surface area contributed by atoms with Crippen LogP contribution in [0, 0.1) is 17.5 Å². The van der Waals surface area contributed by atoms with Crippen LogP contribution in [0.15, 0.2) is 30.5 Å². The quantitative estimate of drug-likeness (QED) is 0.748. The zero-order valence-electron chi connectivity index (χ0n) is 16.7. The van der Waals surface area contributed by atoms with E-state index in [4.69, 9.17) is 10.5 Å². The van der Waals surface area contributed by atoms with Gasteiger partial charge in [-0.3, -0.25) is 9.88 Å². The van der Waals surface area contributed by atoms with Crippen molar-refractivity contribution in [1.29, 1.82) is 0 Å². The number of carbonyl (C=O) groups is 1. The number of thiophene rings is 1. The Hall–Kier alpha value is -1.99. The van der Waals surface area contributed by atoms with Crippen molar-refractivity contribution in [2.45, 2.75) is 45.6 Å². The Morgan fingerprint density at radius 1 is 1.39 bits per heavy atom. The molecule has 0 unspecified atom stereocenters. The van der Waals surface area contributed by atoms with Crippen LogP contribution in [0.25, 0.3) is 0 Å². The molecule has 1 aliphatic rings. The number of halogens is 1. The van der Waals surface area contributed by atoms with E-state index < -0.39 is 6.09 Å². The predicted octanol–water partition coefficient (Wildman–Crippen LogP) is 4.25. The van der Waals surface area contributed by atoms with Crippen molar-refractivity contribution in [2.75, 3.05) is 19.7 Å². The highest BCUT2D eigenvalue weighted by Crippen LogP contribution is 2.42. The Morgan fingerprint density at radius 2 is 2.18 bits per heavy atom. The van der Waals surface area contributed by atoms with Gasteiger partial charge in [-0.15, -0.1) is 11.3 Å². The van der Waals surface area contributed by atoms with Gasteiger partial charge in [-0.25, -0.2) is 4.79 Å². The number of amides is 1. The third-order valence-electron chi connectivity index (χ3n) is 5.90. The molecule has 5 nitrogen and oxygen atoms in total. The van der Waals surface area contributed by atoms with Crippen molar-refractivity contribution in [3.63, 3.8) is 0 Å². The fourth-order valence-electron chi connectivity index (χ4n) is 3.92. The first-order chi connectivity index (χ1) is 13.2. The van der Waals surface area contributed by atoms with Crippen LogP contribution in [0.4, 0.5) is 9.18 Å². The lowest BCUT2D eigenvalue weighted by atomic mass is 9.82. The summed E-state index contributed by atoms with van der Waals surface area (Å²) in [6.45, 7) is 8.33. The van der Waals surface area contributed by atoms with Gasteiger partial charge in [0, 0.05) is 34.3 Å². The normalized spacial score (nSPS) is 20.4. The van der Waals surface area contributed by atoms with Crippen LogP contribution in [0.3, 0.4) is 0 Å². The molecule has 2 N–H and O–H groups in total. The maximum absolute atomic E-state index is 13.3. The van der Waals surface area contributed by atoms with Crippen molar-refractivity contribution in [3.05, 3.63) is 51.7 Å². The van der Waals surface area contributed by atoms with Crippen LogP contribution in [-0.4, -0.2) is 35.7 Å². The molecule has 0 spiro atoms. The molecule has 1 atom stereocenters. The molecule has 28 heavy (non-hydrogen) atoms. The lowest BCUT2D eigenvalue weighted by Crippen LogP contribution is -2.42. The van der Waals surface area contributed by atoms with Crippen LogP contribution in [-0.2, 0) is 16.7 Å². The van der Waals surface area contributed by atoms with E-state index in [9.17, 15) is 9.18 Å². The second-order valence-electron chi connectivity index (χ2n) is 8.23. The Bertz CT molecular complexity index is 821. The Kier molecular flexibility index (Phi) is 6.05. The molecule has 2 aromatic heterocycles. The zero-order chi connectivity index (χ0) is 20.4. The number of aromatic nitrogens is 1. The van der Waals surface area contributed by atoms with Gasteiger partial charge in [0.25, 0.3) is 0 Å². The summed E-state index contributed by atoms with van der Waals surface area (Å²) in [7, 11) is 0. The Balaban J connectivity index is 1.75. The molecule has 1 aliphatic heterocycles. The standard InChI is InChI=1S/C21H28FN3O2S/c1-15-4-5-16(12-24-15)20(2,3)25-11-10-21(13-25,14-27-19(23)26)9-8-17-6-7-18(22)28-17/h4-7,12H,8-11,13-14H2,1-3H3,(H2,23,26)/t21-/m1/s1. The lowest BCUT2D eigenvalue weighted by Gasteiger charge is -2.38. The smallest absolute Gasteiger partial charge is 0.404 e. The van der Waals surface area contributed by atoms with Crippen molar-refractivity contribution >= 4 is 17.4 Å². The van der Waals surface area contributed by atoms with E-state index in [0.717, 1.165) is 48.5 Å². The van der Waals surface area contributed by atoms with Crippen molar-refractivity contribution in [3.8, 4) is 0 Å². The van der Waals surface area contributed by atoms with E-state index in [2.05, 4.69) is 29.8 Å². The number of aryl methyl sites for hydroxylation is 2. The Morgan fingerprint density at radius 3 is 2.79 bits per heavy atom. The number of likely N-dealkylation sites (tertiary alicyclic amines) is 1. The summed E-state index contributed by atoms with van der Waals surface area (Å²) in [5, 5.41) is -0.168. The molecule has 152 valence electrons. The molecule has 0 aromatic carbocycles. The highest BCUT2D eigenvalue weighted by atomic mass is 32.1. The zero-order valence-corrected chi connectivity index (χ0v) is 17.5. The maximum Gasteiger partial charge on any atom is 0.404 e. The second kappa shape index (κ2) is 8.17. The number of hydrogen-bond acceptors (Lipinski definition) is 5. The molecular weight excluding hydrogens is 377 g/mol. The minimum absolute atomic E-state index is 0.168. The van der Waals surface area contributed by atoms with Gasteiger partial charge in [-0.2, -0.15) is 4.39 Å². The molecule has 1 saturated heterocycles. The van der Waals surface area contributed by atoms with Crippen molar-refractivity contribution in [2.24, 2.45) is 11.1 Å². The van der Waals surface area contributed by atoms with Gasteiger partial charge in [-0.05, 0) is 70.3 Å². The molecule has 2 aromatic rings. The summed E-state index contributed by atoms with van der Waals surface area (Å²) in [5.41, 5.74) is 7.01. The fraction of sp³-hybridized carbons (Fsp3) is 0.524. The van der Waals surface area contributed by atoms with Crippen LogP contribution in [0.2, 0.25) is 0 Å². The van der Waals surface area contributed by atoms with Gasteiger partial charge in [-0.1, -0.05) is 6.07 Å². The minimum Gasteiger partial charge on any atom is -0.449 e. The van der Waals surface area contributed by atoms with Crippen molar-refractivity contribution in [1.82, 2.24) is 9.88 Å². The van der Waals surface area contributed by atoms with E-state index in [1.807, 2.05) is 25.3 Å². The molecule has 7 heteroatoms. The van der Waals surface area contributed by atoms with Gasteiger partial charge in [0.05, 0.1) is 0 Å². The van der Waals surface area contributed by atoms with Gasteiger partial charge < -0.3 is 10.5 Å². The highest BCUT2D eigenvalue weighted by molar-refractivity contribution is 7.10. The monoisotopic (exact) mass is 405 g/mol. The first-order valence-corrected chi connectivity index (χ1v) is 10.4. The van der Waals surface area contributed by atoms with Crippen LogP contribution in [0.1, 0.15) is 42.8 Å². The largest absolute Gasteiger partial charge is 0.449 e. The number of nitrogens with zero attached hydrogens (tertiary/aromatic N) is 2. The van der Waals surface area contributed by atoms with E-state index in [0.29, 0.717) is 0 Å². The number of pyridine rings is 1. The highest BCUT2D eigenvalue weighted by Gasteiger charge is 2.44. The summed E-state index contributed by atoms with van der Waals surface area (Å²) < 4.78 is 18.6. The molecule has 0 bridgehead atoms. The SMILES string of the molecule is Cc1ccc(C(C)(C)N2CC[C@@](CCc3ccc(F)s3)(COC(N)=O)C2)cn1. The average Bonchev–Trinajstić information content (AvgIpc) is 3.26. The summed E-state index contributed by atoms with van der Waals surface area (Å²) >= 11 is 1.18. The van der Waals surface area contributed by atoms with Crippen LogP contribution >= 0.6 is 11.3 Å². The lowest BCUT2D eigenvalue weighted by molar-refractivity contribution is 0.0690. The molecule has 0 aliphatic carbocycles. The molecule has 0 radical (unpaired) electrons. The van der Waals surface area contributed by atoms with Gasteiger partial charge >= 0.3 is 6.09 Å². The topological polar surface area (TPSA) is 68.5 Å². The maximum atomic E-state index is 13.3. The third kappa shape index (κ3) is 4.70. The summed E-state index contributed by atoms with van der Waals surface area (Å²) in [6, 6.07) is 7.48. The molecule has 3 heterocycles. The summed E-state index contributed by atoms with van der Waals surface area (Å²) in [5.74, 6) is 0. The predicted molar refractivity (Wildman–Crippen MR) is 109 cm³/mol. The number of nitrogens with two attached hydrogens (primary N) is 1. The number of rotatable bonds is 7. The summed E-state index contributed by atoms with van der Waals surface area (Å²) in [4.78, 5) is 19.1. The second-order valence-corrected chi connectivity index (χ2v) is 9.35. The number of ether oxygens (including phenoxy) is 1. The Labute approximate surface area is 169 Å². The van der Waals surface area contributed by atoms with E-state index in [-0.39, 0.29) is 22.7 Å². The fourth-order valence-corrected chi connectivity index (χ4v) is 4.64. The molecule has 1 fully saturated rings. The minimum atomic E-state index is -0.748. The van der Waals surface area contributed by atoms with Gasteiger partial charge in [0.1, 0.15) is 6.61 Å². The van der Waals surface area contributed by atoms with Crippen LogP contribution < -0.4 is 5.73 Å². The van der Waals surface area contributed by atoms with Crippen molar-refractivity contribution < 1.29 is 13.9 Å². The van der Waals surface area contributed by atoms with E-state index >= 15 is 0 Å². The van der Waals surface area contributed by atoms with Crippen LogP contribution in [0.5, 0.6) is 0 Å². The molecule has 1 amide bonds. The molecule has 3 rings (SSSR count). The molecular formula is C21H28FN3O2S. The number of carbonyl (C=O) groups excluding carboxylic acids is 1. The van der Waals surface area contributed by atoms with E-state index in [1.54, 1.807) is 0 Å².